The minimum Gasteiger partial charge on any atom is -0.495 e. The van der Waals surface area contributed by atoms with Crippen molar-refractivity contribution in [2.45, 2.75) is 6.92 Å². The SMILES string of the molecule is COc1ccc(Cl)cc1NC(=O)COc1c(C)occc1=O. The second-order valence-electron chi connectivity index (χ2n) is 4.35. The van der Waals surface area contributed by atoms with E-state index < -0.39 is 5.91 Å². The summed E-state index contributed by atoms with van der Waals surface area (Å²) in [6, 6.07) is 6.06. The normalized spacial score (nSPS) is 10.1. The molecule has 1 heterocycles. The molecule has 0 radical (unpaired) electrons. The zero-order valence-electron chi connectivity index (χ0n) is 12.0. The third-order valence-corrected chi connectivity index (χ3v) is 3.03. The fraction of sp³-hybridized carbons (Fsp3) is 0.200. The third-order valence-electron chi connectivity index (χ3n) is 2.79. The van der Waals surface area contributed by atoms with Crippen LogP contribution in [-0.4, -0.2) is 19.6 Å². The largest absolute Gasteiger partial charge is 0.495 e. The quantitative estimate of drug-likeness (QED) is 0.915. The van der Waals surface area contributed by atoms with Crippen LogP contribution in [-0.2, 0) is 4.79 Å². The Hall–Kier alpha value is -2.47. The van der Waals surface area contributed by atoms with Gasteiger partial charge in [0.05, 0.1) is 19.1 Å². The molecule has 1 aromatic heterocycles. The molecule has 0 unspecified atom stereocenters. The van der Waals surface area contributed by atoms with Crippen molar-refractivity contribution >= 4 is 23.2 Å². The van der Waals surface area contributed by atoms with Crippen LogP contribution in [0.2, 0.25) is 5.02 Å². The van der Waals surface area contributed by atoms with E-state index in [1.165, 1.54) is 19.4 Å². The molecule has 0 fully saturated rings. The molecular formula is C15H14ClNO5. The molecule has 0 saturated carbocycles. The average molecular weight is 324 g/mol. The smallest absolute Gasteiger partial charge is 0.262 e. The maximum Gasteiger partial charge on any atom is 0.262 e. The van der Waals surface area contributed by atoms with Crippen molar-refractivity contribution in [3.05, 3.63) is 51.5 Å². The highest BCUT2D eigenvalue weighted by Gasteiger charge is 2.12. The summed E-state index contributed by atoms with van der Waals surface area (Å²) in [7, 11) is 1.48. The van der Waals surface area contributed by atoms with Gasteiger partial charge in [0.2, 0.25) is 11.2 Å². The van der Waals surface area contributed by atoms with Gasteiger partial charge in [-0.05, 0) is 25.1 Å². The number of rotatable bonds is 5. The van der Waals surface area contributed by atoms with Crippen molar-refractivity contribution in [1.82, 2.24) is 0 Å². The second kappa shape index (κ2) is 7.00. The van der Waals surface area contributed by atoms with Crippen LogP contribution in [0.15, 0.2) is 39.7 Å². The van der Waals surface area contributed by atoms with E-state index in [1.54, 1.807) is 25.1 Å². The van der Waals surface area contributed by atoms with E-state index in [9.17, 15) is 9.59 Å². The fourth-order valence-electron chi connectivity index (χ4n) is 1.78. The van der Waals surface area contributed by atoms with E-state index in [4.69, 9.17) is 25.5 Å². The first kappa shape index (κ1) is 15.9. The van der Waals surface area contributed by atoms with E-state index >= 15 is 0 Å². The molecule has 116 valence electrons. The number of anilines is 1. The van der Waals surface area contributed by atoms with Crippen molar-refractivity contribution in [2.24, 2.45) is 0 Å². The second-order valence-corrected chi connectivity index (χ2v) is 4.79. The number of amides is 1. The van der Waals surface area contributed by atoms with E-state index in [2.05, 4.69) is 5.32 Å². The summed E-state index contributed by atoms with van der Waals surface area (Å²) < 4.78 is 15.4. The lowest BCUT2D eigenvalue weighted by molar-refractivity contribution is -0.118. The highest BCUT2D eigenvalue weighted by molar-refractivity contribution is 6.31. The molecule has 22 heavy (non-hydrogen) atoms. The summed E-state index contributed by atoms with van der Waals surface area (Å²) in [5.74, 6) is 0.327. The Kier molecular flexibility index (Phi) is 5.06. The number of carbonyl (C=O) groups is 1. The molecule has 0 bridgehead atoms. The van der Waals surface area contributed by atoms with Gasteiger partial charge in [-0.15, -0.1) is 0 Å². The Morgan fingerprint density at radius 2 is 2.14 bits per heavy atom. The lowest BCUT2D eigenvalue weighted by Crippen LogP contribution is -2.22. The molecule has 1 aromatic carbocycles. The van der Waals surface area contributed by atoms with Gasteiger partial charge in [0.15, 0.2) is 6.61 Å². The Morgan fingerprint density at radius 3 is 2.82 bits per heavy atom. The Morgan fingerprint density at radius 1 is 1.36 bits per heavy atom. The number of ether oxygens (including phenoxy) is 2. The molecule has 0 saturated heterocycles. The molecule has 2 rings (SSSR count). The number of nitrogens with one attached hydrogen (secondary N) is 1. The van der Waals surface area contributed by atoms with E-state index in [-0.39, 0.29) is 17.8 Å². The van der Waals surface area contributed by atoms with Crippen LogP contribution in [0.5, 0.6) is 11.5 Å². The Bertz CT molecular complexity index is 741. The van der Waals surface area contributed by atoms with Crippen molar-refractivity contribution in [2.75, 3.05) is 19.0 Å². The maximum absolute atomic E-state index is 11.9. The van der Waals surface area contributed by atoms with Gasteiger partial charge in [-0.25, -0.2) is 0 Å². The van der Waals surface area contributed by atoms with Gasteiger partial charge >= 0.3 is 0 Å². The van der Waals surface area contributed by atoms with Crippen molar-refractivity contribution in [1.29, 1.82) is 0 Å². The first-order chi connectivity index (χ1) is 10.5. The van der Waals surface area contributed by atoms with Crippen LogP contribution in [0, 0.1) is 6.92 Å². The number of benzene rings is 1. The molecule has 0 aliphatic heterocycles. The summed E-state index contributed by atoms with van der Waals surface area (Å²) >= 11 is 5.88. The summed E-state index contributed by atoms with van der Waals surface area (Å²) in [6.07, 6.45) is 1.27. The Balaban J connectivity index is 2.05. The van der Waals surface area contributed by atoms with Gasteiger partial charge in [-0.1, -0.05) is 11.6 Å². The minimum atomic E-state index is -0.455. The van der Waals surface area contributed by atoms with Crippen LogP contribution < -0.4 is 20.2 Å². The summed E-state index contributed by atoms with van der Waals surface area (Å²) in [5.41, 5.74) is 0.0669. The lowest BCUT2D eigenvalue weighted by atomic mass is 10.3. The number of carbonyl (C=O) groups excluding carboxylic acids is 1. The molecule has 0 aliphatic rings. The van der Waals surface area contributed by atoms with Crippen LogP contribution in [0.3, 0.4) is 0 Å². The average Bonchev–Trinajstić information content (AvgIpc) is 2.47. The maximum atomic E-state index is 11.9. The first-order valence-electron chi connectivity index (χ1n) is 6.36. The van der Waals surface area contributed by atoms with E-state index in [0.29, 0.717) is 22.2 Å². The molecular weight excluding hydrogens is 310 g/mol. The summed E-state index contributed by atoms with van der Waals surface area (Å²) in [5, 5.41) is 3.06. The molecule has 7 heteroatoms. The fourth-order valence-corrected chi connectivity index (χ4v) is 1.95. The number of halogens is 1. The Labute approximate surface area is 131 Å². The minimum absolute atomic E-state index is 0.00992. The van der Waals surface area contributed by atoms with Gasteiger partial charge in [-0.3, -0.25) is 9.59 Å². The lowest BCUT2D eigenvalue weighted by Gasteiger charge is -2.11. The first-order valence-corrected chi connectivity index (χ1v) is 6.73. The van der Waals surface area contributed by atoms with Crippen LogP contribution in [0.25, 0.3) is 0 Å². The number of aryl methyl sites for hydroxylation is 1. The predicted molar refractivity (Wildman–Crippen MR) is 81.8 cm³/mol. The number of hydrogen-bond acceptors (Lipinski definition) is 5. The van der Waals surface area contributed by atoms with Gasteiger partial charge in [-0.2, -0.15) is 0 Å². The third kappa shape index (κ3) is 3.79. The molecule has 1 amide bonds. The molecule has 6 nitrogen and oxygen atoms in total. The summed E-state index contributed by atoms with van der Waals surface area (Å²) in [4.78, 5) is 23.5. The highest BCUT2D eigenvalue weighted by Crippen LogP contribution is 2.27. The highest BCUT2D eigenvalue weighted by atomic mass is 35.5. The number of methoxy groups -OCH3 is 1. The van der Waals surface area contributed by atoms with Crippen LogP contribution in [0.1, 0.15) is 5.76 Å². The van der Waals surface area contributed by atoms with Crippen LogP contribution in [0.4, 0.5) is 5.69 Å². The van der Waals surface area contributed by atoms with Gasteiger partial charge in [0.25, 0.3) is 5.91 Å². The predicted octanol–water partition coefficient (Wildman–Crippen LogP) is 2.63. The van der Waals surface area contributed by atoms with Crippen LogP contribution >= 0.6 is 11.6 Å². The molecule has 1 N–H and O–H groups in total. The van der Waals surface area contributed by atoms with Crippen molar-refractivity contribution in [3.63, 3.8) is 0 Å². The van der Waals surface area contributed by atoms with Gasteiger partial charge in [0.1, 0.15) is 11.5 Å². The number of hydrogen-bond donors (Lipinski definition) is 1. The molecule has 0 atom stereocenters. The van der Waals surface area contributed by atoms with E-state index in [1.807, 2.05) is 0 Å². The van der Waals surface area contributed by atoms with Gasteiger partial charge < -0.3 is 19.2 Å². The standard InChI is InChI=1S/C15H14ClNO5/c1-9-15(12(18)5-6-21-9)22-8-14(19)17-11-7-10(16)3-4-13(11)20-2/h3-7H,8H2,1-2H3,(H,17,19). The molecule has 0 aliphatic carbocycles. The zero-order chi connectivity index (χ0) is 16.1. The monoisotopic (exact) mass is 323 g/mol. The summed E-state index contributed by atoms with van der Waals surface area (Å²) in [6.45, 7) is 1.24. The topological polar surface area (TPSA) is 77.8 Å². The van der Waals surface area contributed by atoms with Gasteiger partial charge in [0, 0.05) is 11.1 Å². The van der Waals surface area contributed by atoms with Crippen molar-refractivity contribution in [3.8, 4) is 11.5 Å². The zero-order valence-corrected chi connectivity index (χ0v) is 12.8. The van der Waals surface area contributed by atoms with Crippen molar-refractivity contribution < 1.29 is 18.7 Å². The van der Waals surface area contributed by atoms with E-state index in [0.717, 1.165) is 0 Å². The molecule has 2 aromatic rings. The molecule has 0 spiro atoms.